The van der Waals surface area contributed by atoms with E-state index in [9.17, 15) is 18.0 Å². The SMILES string of the molecule is C=CC(CC(CC)CCCC)OC(=O)C(CC(=O)O)S(=O)(=O)O. The Morgan fingerprint density at radius 3 is 2.30 bits per heavy atom. The van der Waals surface area contributed by atoms with E-state index in [1.54, 1.807) is 0 Å². The molecule has 0 saturated heterocycles. The minimum atomic E-state index is -4.85. The molecule has 2 N–H and O–H groups in total. The van der Waals surface area contributed by atoms with Gasteiger partial charge in [-0.3, -0.25) is 14.1 Å². The van der Waals surface area contributed by atoms with E-state index >= 15 is 0 Å². The number of ether oxygens (including phenoxy) is 1. The van der Waals surface area contributed by atoms with E-state index in [0.29, 0.717) is 6.42 Å². The third-order valence-corrected chi connectivity index (χ3v) is 4.70. The van der Waals surface area contributed by atoms with E-state index in [1.165, 1.54) is 6.08 Å². The van der Waals surface area contributed by atoms with Crippen LogP contribution in [0.15, 0.2) is 12.7 Å². The Kier molecular flexibility index (Phi) is 9.74. The predicted molar refractivity (Wildman–Crippen MR) is 85.6 cm³/mol. The number of carbonyl (C=O) groups is 2. The summed E-state index contributed by atoms with van der Waals surface area (Å²) in [5, 5.41) is 6.54. The molecule has 0 aliphatic carbocycles. The number of hydrogen-bond donors (Lipinski definition) is 2. The maximum absolute atomic E-state index is 11.9. The molecule has 0 fully saturated rings. The molecule has 0 aliphatic heterocycles. The van der Waals surface area contributed by atoms with Gasteiger partial charge in [-0.15, -0.1) is 0 Å². The number of aliphatic carboxylic acids is 1. The van der Waals surface area contributed by atoms with E-state index in [1.807, 2.05) is 6.92 Å². The van der Waals surface area contributed by atoms with Gasteiger partial charge in [0.1, 0.15) is 6.10 Å². The highest BCUT2D eigenvalue weighted by Crippen LogP contribution is 2.21. The zero-order valence-corrected chi connectivity index (χ0v) is 14.4. The Morgan fingerprint density at radius 2 is 1.91 bits per heavy atom. The van der Waals surface area contributed by atoms with Gasteiger partial charge in [0.25, 0.3) is 10.1 Å². The Labute approximate surface area is 137 Å². The topological polar surface area (TPSA) is 118 Å². The molecule has 134 valence electrons. The van der Waals surface area contributed by atoms with Gasteiger partial charge in [0.05, 0.1) is 6.42 Å². The molecule has 8 heteroatoms. The maximum atomic E-state index is 11.9. The van der Waals surface area contributed by atoms with Crippen molar-refractivity contribution in [2.24, 2.45) is 5.92 Å². The highest BCUT2D eigenvalue weighted by Gasteiger charge is 2.36. The minimum absolute atomic E-state index is 0.286. The van der Waals surface area contributed by atoms with E-state index in [-0.39, 0.29) is 5.92 Å². The van der Waals surface area contributed by atoms with Gasteiger partial charge in [-0.25, -0.2) is 0 Å². The van der Waals surface area contributed by atoms with Crippen molar-refractivity contribution in [1.82, 2.24) is 0 Å². The molecule has 0 spiro atoms. The smallest absolute Gasteiger partial charge is 0.328 e. The van der Waals surface area contributed by atoms with E-state index < -0.39 is 39.8 Å². The molecule has 0 bridgehead atoms. The summed E-state index contributed by atoms with van der Waals surface area (Å²) >= 11 is 0. The first-order valence-electron chi connectivity index (χ1n) is 7.66. The second-order valence-corrected chi connectivity index (χ2v) is 7.06. The summed E-state index contributed by atoms with van der Waals surface area (Å²) in [6.07, 6.45) is 3.99. The first-order chi connectivity index (χ1) is 10.6. The summed E-state index contributed by atoms with van der Waals surface area (Å²) < 4.78 is 36.4. The van der Waals surface area contributed by atoms with Crippen LogP contribution in [0.4, 0.5) is 0 Å². The normalized spacial score (nSPS) is 15.4. The summed E-state index contributed by atoms with van der Waals surface area (Å²) in [5.41, 5.74) is 0. The zero-order chi connectivity index (χ0) is 18.0. The van der Waals surface area contributed by atoms with Crippen LogP contribution in [-0.4, -0.2) is 41.4 Å². The van der Waals surface area contributed by atoms with Gasteiger partial charge < -0.3 is 9.84 Å². The Bertz CT molecular complexity index is 498. The average Bonchev–Trinajstić information content (AvgIpc) is 2.46. The lowest BCUT2D eigenvalue weighted by molar-refractivity contribution is -0.150. The lowest BCUT2D eigenvalue weighted by Gasteiger charge is -2.22. The third kappa shape index (κ3) is 8.71. The predicted octanol–water partition coefficient (Wildman–Crippen LogP) is 2.42. The Hall–Kier alpha value is -1.41. The van der Waals surface area contributed by atoms with Crippen LogP contribution < -0.4 is 0 Å². The lowest BCUT2D eigenvalue weighted by Crippen LogP contribution is -2.36. The summed E-state index contributed by atoms with van der Waals surface area (Å²) in [7, 11) is -4.85. The van der Waals surface area contributed by atoms with Crippen molar-refractivity contribution in [2.45, 2.75) is 63.7 Å². The number of rotatable bonds is 12. The van der Waals surface area contributed by atoms with Crippen molar-refractivity contribution in [1.29, 1.82) is 0 Å². The molecule has 3 atom stereocenters. The summed E-state index contributed by atoms with van der Waals surface area (Å²) in [6.45, 7) is 7.64. The first kappa shape index (κ1) is 21.6. The quantitative estimate of drug-likeness (QED) is 0.315. The number of carboxylic acids is 1. The molecule has 3 unspecified atom stereocenters. The molecule has 0 aromatic heterocycles. The maximum Gasteiger partial charge on any atom is 0.328 e. The largest absolute Gasteiger partial charge is 0.481 e. The van der Waals surface area contributed by atoms with Gasteiger partial charge >= 0.3 is 11.9 Å². The first-order valence-corrected chi connectivity index (χ1v) is 9.17. The molecule has 0 radical (unpaired) electrons. The van der Waals surface area contributed by atoms with Gasteiger partial charge in [0.15, 0.2) is 5.25 Å². The van der Waals surface area contributed by atoms with Gasteiger partial charge in [-0.1, -0.05) is 52.2 Å². The van der Waals surface area contributed by atoms with E-state index in [4.69, 9.17) is 14.4 Å². The molecule has 0 rings (SSSR count). The summed E-state index contributed by atoms with van der Waals surface area (Å²) in [6, 6.07) is 0. The van der Waals surface area contributed by atoms with Crippen molar-refractivity contribution in [3.8, 4) is 0 Å². The van der Waals surface area contributed by atoms with Gasteiger partial charge in [0, 0.05) is 0 Å². The van der Waals surface area contributed by atoms with Crippen LogP contribution in [0.5, 0.6) is 0 Å². The second-order valence-electron chi connectivity index (χ2n) is 5.46. The molecule has 0 aromatic rings. The highest BCUT2D eigenvalue weighted by molar-refractivity contribution is 7.87. The molecule has 0 saturated carbocycles. The van der Waals surface area contributed by atoms with Crippen molar-refractivity contribution in [3.63, 3.8) is 0 Å². The van der Waals surface area contributed by atoms with Crippen molar-refractivity contribution >= 4 is 22.1 Å². The van der Waals surface area contributed by atoms with Crippen LogP contribution in [-0.2, 0) is 24.4 Å². The van der Waals surface area contributed by atoms with Crippen LogP contribution in [0.2, 0.25) is 0 Å². The fourth-order valence-electron chi connectivity index (χ4n) is 2.20. The molecule has 0 amide bonds. The number of carboxylic acid groups (broad SMARTS) is 1. The molecular weight excluding hydrogens is 324 g/mol. The molecule has 7 nitrogen and oxygen atoms in total. The molecule has 23 heavy (non-hydrogen) atoms. The molecular formula is C15H26O7S. The van der Waals surface area contributed by atoms with Crippen molar-refractivity contribution < 1.29 is 32.4 Å². The van der Waals surface area contributed by atoms with Crippen molar-refractivity contribution in [3.05, 3.63) is 12.7 Å². The number of hydrogen-bond acceptors (Lipinski definition) is 5. The minimum Gasteiger partial charge on any atom is -0.481 e. The standard InChI is InChI=1S/C15H26O7S/c1-4-7-8-11(5-2)9-12(6-3)22-15(18)13(10-14(16)17)23(19,20)21/h6,11-13H,3-5,7-10H2,1-2H3,(H,16,17)(H,19,20,21). The van der Waals surface area contributed by atoms with Crippen molar-refractivity contribution in [2.75, 3.05) is 0 Å². The van der Waals surface area contributed by atoms with Crippen LogP contribution in [0.3, 0.4) is 0 Å². The van der Waals surface area contributed by atoms with Crippen LogP contribution >= 0.6 is 0 Å². The Morgan fingerprint density at radius 1 is 1.30 bits per heavy atom. The number of esters is 1. The number of carbonyl (C=O) groups excluding carboxylic acids is 1. The Balaban J connectivity index is 4.90. The summed E-state index contributed by atoms with van der Waals surface area (Å²) in [4.78, 5) is 22.6. The molecule has 0 heterocycles. The summed E-state index contributed by atoms with van der Waals surface area (Å²) in [5.74, 6) is -2.51. The molecule has 0 aliphatic rings. The van der Waals surface area contributed by atoms with E-state index in [2.05, 4.69) is 13.5 Å². The highest BCUT2D eigenvalue weighted by atomic mass is 32.2. The van der Waals surface area contributed by atoms with E-state index in [0.717, 1.165) is 25.7 Å². The monoisotopic (exact) mass is 350 g/mol. The lowest BCUT2D eigenvalue weighted by atomic mass is 9.93. The number of unbranched alkanes of at least 4 members (excludes halogenated alkanes) is 1. The second kappa shape index (κ2) is 10.4. The van der Waals surface area contributed by atoms with Crippen LogP contribution in [0, 0.1) is 5.92 Å². The fraction of sp³-hybridized carbons (Fsp3) is 0.733. The van der Waals surface area contributed by atoms with Crippen LogP contribution in [0.25, 0.3) is 0 Å². The molecule has 0 aromatic carbocycles. The van der Waals surface area contributed by atoms with Crippen LogP contribution in [0.1, 0.15) is 52.4 Å². The third-order valence-electron chi connectivity index (χ3n) is 3.62. The average molecular weight is 350 g/mol. The zero-order valence-electron chi connectivity index (χ0n) is 13.6. The van der Waals surface area contributed by atoms with Gasteiger partial charge in [-0.2, -0.15) is 8.42 Å². The fourth-order valence-corrected chi connectivity index (χ4v) is 2.85. The van der Waals surface area contributed by atoms with Gasteiger partial charge in [0.2, 0.25) is 0 Å². The van der Waals surface area contributed by atoms with Gasteiger partial charge in [-0.05, 0) is 12.3 Å².